The van der Waals surface area contributed by atoms with E-state index in [0.717, 1.165) is 4.68 Å². The molecule has 2 rings (SSSR count). The van der Waals surface area contributed by atoms with Crippen LogP contribution in [0.4, 0.5) is 17.2 Å². The van der Waals surface area contributed by atoms with Crippen LogP contribution in [0.15, 0.2) is 34.9 Å². The second-order valence-corrected chi connectivity index (χ2v) is 5.42. The second kappa shape index (κ2) is 7.01. The number of nitrogens with zero attached hydrogens (tertiary/aromatic N) is 3. The SMILES string of the molecule is CC(=O)Nc1cccc(NC(=O)Cn2cc(Br)c([N+](=O)[O-])n2)c1. The molecule has 120 valence electrons. The van der Waals surface area contributed by atoms with Crippen LogP contribution in [-0.2, 0) is 16.1 Å². The normalized spacial score (nSPS) is 10.2. The highest BCUT2D eigenvalue weighted by atomic mass is 79.9. The molecular formula is C13H12BrN5O4. The Morgan fingerprint density at radius 2 is 2.00 bits per heavy atom. The van der Waals surface area contributed by atoms with Gasteiger partial charge in [0.25, 0.3) is 0 Å². The molecule has 0 saturated heterocycles. The van der Waals surface area contributed by atoms with Crippen molar-refractivity contribution >= 4 is 44.9 Å². The van der Waals surface area contributed by atoms with Crippen LogP contribution >= 0.6 is 15.9 Å². The molecule has 0 fully saturated rings. The van der Waals surface area contributed by atoms with Crippen molar-refractivity contribution in [2.45, 2.75) is 13.5 Å². The van der Waals surface area contributed by atoms with Crippen molar-refractivity contribution in [2.24, 2.45) is 0 Å². The van der Waals surface area contributed by atoms with E-state index in [1.165, 1.54) is 13.1 Å². The Kier molecular flexibility index (Phi) is 5.06. The topological polar surface area (TPSA) is 119 Å². The number of nitro groups is 1. The summed E-state index contributed by atoms with van der Waals surface area (Å²) < 4.78 is 1.36. The number of nitrogens with one attached hydrogen (secondary N) is 2. The van der Waals surface area contributed by atoms with Crippen molar-refractivity contribution in [3.63, 3.8) is 0 Å². The highest BCUT2D eigenvalue weighted by Gasteiger charge is 2.19. The minimum absolute atomic E-state index is 0.184. The smallest absolute Gasteiger partial charge is 0.358 e. The molecule has 0 saturated carbocycles. The van der Waals surface area contributed by atoms with E-state index in [-0.39, 0.29) is 22.7 Å². The van der Waals surface area contributed by atoms with E-state index < -0.39 is 10.8 Å². The molecule has 0 bridgehead atoms. The molecule has 0 spiro atoms. The summed E-state index contributed by atoms with van der Waals surface area (Å²) in [4.78, 5) is 33.0. The quantitative estimate of drug-likeness (QED) is 0.607. The largest absolute Gasteiger partial charge is 0.404 e. The molecule has 0 aliphatic rings. The molecule has 10 heteroatoms. The average Bonchev–Trinajstić information content (AvgIpc) is 2.79. The number of amides is 2. The summed E-state index contributed by atoms with van der Waals surface area (Å²) in [7, 11) is 0. The highest BCUT2D eigenvalue weighted by Crippen LogP contribution is 2.22. The third kappa shape index (κ3) is 4.61. The van der Waals surface area contributed by atoms with Gasteiger partial charge in [-0.05, 0) is 39.1 Å². The molecule has 23 heavy (non-hydrogen) atoms. The number of hydrogen-bond acceptors (Lipinski definition) is 5. The third-order valence-corrected chi connectivity index (χ3v) is 3.20. The third-order valence-electron chi connectivity index (χ3n) is 2.64. The predicted octanol–water partition coefficient (Wildman–Crippen LogP) is 2.15. The maximum absolute atomic E-state index is 12.0. The van der Waals surface area contributed by atoms with Crippen molar-refractivity contribution in [1.82, 2.24) is 9.78 Å². The van der Waals surface area contributed by atoms with Crippen molar-refractivity contribution in [2.75, 3.05) is 10.6 Å². The Labute approximate surface area is 138 Å². The van der Waals surface area contributed by atoms with Gasteiger partial charge in [-0.1, -0.05) is 6.07 Å². The van der Waals surface area contributed by atoms with Gasteiger partial charge in [-0.25, -0.2) is 0 Å². The van der Waals surface area contributed by atoms with Gasteiger partial charge >= 0.3 is 5.82 Å². The van der Waals surface area contributed by atoms with Crippen LogP contribution in [-0.4, -0.2) is 26.5 Å². The number of rotatable bonds is 5. The number of anilines is 2. The summed E-state index contributed by atoms with van der Waals surface area (Å²) in [6.45, 7) is 1.20. The molecule has 2 amide bonds. The van der Waals surface area contributed by atoms with E-state index in [0.29, 0.717) is 11.4 Å². The molecule has 2 N–H and O–H groups in total. The standard InChI is InChI=1S/C13H12BrN5O4/c1-8(20)15-9-3-2-4-10(5-9)16-12(21)7-18-6-11(14)13(17-18)19(22)23/h2-6H,7H2,1H3,(H,15,20)(H,16,21). The molecule has 9 nitrogen and oxygen atoms in total. The first-order valence-electron chi connectivity index (χ1n) is 6.40. The minimum Gasteiger partial charge on any atom is -0.358 e. The molecule has 0 aliphatic heterocycles. The Balaban J connectivity index is 2.03. The molecule has 2 aromatic rings. The van der Waals surface area contributed by atoms with Crippen LogP contribution in [0.1, 0.15) is 6.92 Å². The maximum atomic E-state index is 12.0. The number of hydrogen-bond donors (Lipinski definition) is 2. The molecule has 0 atom stereocenters. The number of carbonyl (C=O) groups is 2. The van der Waals surface area contributed by atoms with Crippen molar-refractivity contribution in [3.8, 4) is 0 Å². The summed E-state index contributed by atoms with van der Waals surface area (Å²) in [6, 6.07) is 6.62. The van der Waals surface area contributed by atoms with Crippen LogP contribution in [0, 0.1) is 10.1 Å². The number of carbonyl (C=O) groups excluding carboxylic acids is 2. The van der Waals surface area contributed by atoms with E-state index in [2.05, 4.69) is 31.7 Å². The fraction of sp³-hybridized carbons (Fsp3) is 0.154. The zero-order valence-electron chi connectivity index (χ0n) is 11.9. The average molecular weight is 382 g/mol. The molecule has 1 aromatic carbocycles. The van der Waals surface area contributed by atoms with Gasteiger partial charge in [0.05, 0.1) is 11.3 Å². The number of aromatic nitrogens is 2. The number of benzene rings is 1. The molecule has 1 heterocycles. The lowest BCUT2D eigenvalue weighted by molar-refractivity contribution is -0.390. The van der Waals surface area contributed by atoms with Gasteiger partial charge in [0.15, 0.2) is 0 Å². The lowest BCUT2D eigenvalue weighted by atomic mass is 10.2. The molecule has 0 radical (unpaired) electrons. The summed E-state index contributed by atoms with van der Waals surface area (Å²) in [5.41, 5.74) is 1.04. The molecular weight excluding hydrogens is 370 g/mol. The Morgan fingerprint density at radius 1 is 1.35 bits per heavy atom. The maximum Gasteiger partial charge on any atom is 0.404 e. The van der Waals surface area contributed by atoms with E-state index >= 15 is 0 Å². The van der Waals surface area contributed by atoms with Crippen LogP contribution in [0.3, 0.4) is 0 Å². The van der Waals surface area contributed by atoms with Gasteiger partial charge in [0.2, 0.25) is 11.8 Å². The number of halogens is 1. The Hall–Kier alpha value is -2.75. The fourth-order valence-electron chi connectivity index (χ4n) is 1.82. The monoisotopic (exact) mass is 381 g/mol. The van der Waals surface area contributed by atoms with Crippen LogP contribution < -0.4 is 10.6 Å². The van der Waals surface area contributed by atoms with Crippen LogP contribution in [0.5, 0.6) is 0 Å². The van der Waals surface area contributed by atoms with E-state index in [4.69, 9.17) is 0 Å². The summed E-state index contributed by atoms with van der Waals surface area (Å²) in [6.07, 6.45) is 1.35. The van der Waals surface area contributed by atoms with Crippen LogP contribution in [0.25, 0.3) is 0 Å². The van der Waals surface area contributed by atoms with Crippen molar-refractivity contribution < 1.29 is 14.5 Å². The van der Waals surface area contributed by atoms with Crippen LogP contribution in [0.2, 0.25) is 0 Å². The Bertz CT molecular complexity index is 773. The lowest BCUT2D eigenvalue weighted by Gasteiger charge is -2.07. The first kappa shape index (κ1) is 16.6. The molecule has 0 unspecified atom stereocenters. The lowest BCUT2D eigenvalue weighted by Crippen LogP contribution is -2.19. The van der Waals surface area contributed by atoms with Crippen molar-refractivity contribution in [1.29, 1.82) is 0 Å². The fourth-order valence-corrected chi connectivity index (χ4v) is 2.28. The van der Waals surface area contributed by atoms with Gasteiger partial charge in [-0.3, -0.25) is 9.59 Å². The van der Waals surface area contributed by atoms with Crippen molar-refractivity contribution in [3.05, 3.63) is 45.0 Å². The first-order valence-corrected chi connectivity index (χ1v) is 7.19. The van der Waals surface area contributed by atoms with E-state index in [1.807, 2.05) is 0 Å². The zero-order valence-corrected chi connectivity index (χ0v) is 13.5. The van der Waals surface area contributed by atoms with Gasteiger partial charge in [-0.15, -0.1) is 0 Å². The summed E-state index contributed by atoms with van der Waals surface area (Å²) >= 11 is 3.01. The predicted molar refractivity (Wildman–Crippen MR) is 86.0 cm³/mol. The van der Waals surface area contributed by atoms with E-state index in [1.54, 1.807) is 24.3 Å². The van der Waals surface area contributed by atoms with Gasteiger partial charge < -0.3 is 20.7 Å². The minimum atomic E-state index is -0.643. The summed E-state index contributed by atoms with van der Waals surface area (Å²) in [5.74, 6) is -0.984. The zero-order chi connectivity index (χ0) is 17.0. The highest BCUT2D eigenvalue weighted by molar-refractivity contribution is 9.10. The van der Waals surface area contributed by atoms with Gasteiger partial charge in [0, 0.05) is 18.3 Å². The summed E-state index contributed by atoms with van der Waals surface area (Å²) in [5, 5.41) is 19.6. The first-order chi connectivity index (χ1) is 10.8. The second-order valence-electron chi connectivity index (χ2n) is 4.57. The molecule has 1 aromatic heterocycles. The Morgan fingerprint density at radius 3 is 2.57 bits per heavy atom. The van der Waals surface area contributed by atoms with E-state index in [9.17, 15) is 19.7 Å². The molecule has 0 aliphatic carbocycles. The van der Waals surface area contributed by atoms with Gasteiger partial charge in [-0.2, -0.15) is 4.68 Å². The van der Waals surface area contributed by atoms with Gasteiger partial charge in [0.1, 0.15) is 11.0 Å².